The fraction of sp³-hybridized carbons (Fsp3) is 0.562. The molecule has 3 heteroatoms. The van der Waals surface area contributed by atoms with Gasteiger partial charge in [0.1, 0.15) is 0 Å². The first-order chi connectivity index (χ1) is 9.02. The van der Waals surface area contributed by atoms with Gasteiger partial charge in [-0.25, -0.2) is 0 Å². The number of anilines is 2. The Morgan fingerprint density at radius 2 is 2.05 bits per heavy atom. The number of carbonyl (C=O) groups excluding carboxylic acids is 1. The number of carbonyl (C=O) groups is 1. The SMILES string of the molecule is CCCCCC(C)Nc1ccc(NC(C)=O)c(C)c1. The summed E-state index contributed by atoms with van der Waals surface area (Å²) in [5.41, 5.74) is 3.09. The third-order valence-electron chi connectivity index (χ3n) is 3.19. The standard InChI is InChI=1S/C16H26N2O/c1-5-6-7-8-13(3)17-15-9-10-16(12(2)11-15)18-14(4)19/h9-11,13,17H,5-8H2,1-4H3,(H,18,19). The summed E-state index contributed by atoms with van der Waals surface area (Å²) in [5, 5.41) is 6.34. The van der Waals surface area contributed by atoms with E-state index in [0.29, 0.717) is 6.04 Å². The quantitative estimate of drug-likeness (QED) is 0.718. The van der Waals surface area contributed by atoms with Crippen LogP contribution in [0.25, 0.3) is 0 Å². The van der Waals surface area contributed by atoms with E-state index in [4.69, 9.17) is 0 Å². The molecule has 19 heavy (non-hydrogen) atoms. The number of amides is 1. The van der Waals surface area contributed by atoms with Gasteiger partial charge in [0, 0.05) is 24.3 Å². The molecule has 1 rings (SSSR count). The second-order valence-corrected chi connectivity index (χ2v) is 5.25. The molecule has 0 aromatic heterocycles. The lowest BCUT2D eigenvalue weighted by atomic mass is 10.1. The van der Waals surface area contributed by atoms with E-state index in [2.05, 4.69) is 30.5 Å². The Morgan fingerprint density at radius 1 is 1.32 bits per heavy atom. The van der Waals surface area contributed by atoms with E-state index in [9.17, 15) is 4.79 Å². The van der Waals surface area contributed by atoms with Crippen molar-refractivity contribution in [1.29, 1.82) is 0 Å². The Bertz CT molecular complexity index is 415. The lowest BCUT2D eigenvalue weighted by Gasteiger charge is -2.16. The van der Waals surface area contributed by atoms with Crippen molar-refractivity contribution in [3.05, 3.63) is 23.8 Å². The Labute approximate surface area is 116 Å². The van der Waals surface area contributed by atoms with Crippen molar-refractivity contribution in [2.75, 3.05) is 10.6 Å². The van der Waals surface area contributed by atoms with Gasteiger partial charge in [-0.3, -0.25) is 4.79 Å². The maximum Gasteiger partial charge on any atom is 0.221 e. The smallest absolute Gasteiger partial charge is 0.221 e. The molecule has 0 fully saturated rings. The van der Waals surface area contributed by atoms with Crippen LogP contribution < -0.4 is 10.6 Å². The number of hydrogen-bond donors (Lipinski definition) is 2. The van der Waals surface area contributed by atoms with Gasteiger partial charge >= 0.3 is 0 Å². The summed E-state index contributed by atoms with van der Waals surface area (Å²) >= 11 is 0. The van der Waals surface area contributed by atoms with Crippen molar-refractivity contribution in [3.8, 4) is 0 Å². The van der Waals surface area contributed by atoms with E-state index < -0.39 is 0 Å². The molecule has 0 saturated heterocycles. The molecular weight excluding hydrogens is 236 g/mol. The predicted molar refractivity (Wildman–Crippen MR) is 82.7 cm³/mol. The first-order valence-electron chi connectivity index (χ1n) is 7.17. The maximum atomic E-state index is 11.0. The van der Waals surface area contributed by atoms with Gasteiger partial charge in [-0.2, -0.15) is 0 Å². The molecule has 1 amide bonds. The molecule has 0 heterocycles. The molecule has 1 aromatic rings. The zero-order chi connectivity index (χ0) is 14.3. The van der Waals surface area contributed by atoms with Crippen molar-refractivity contribution in [2.45, 2.75) is 59.4 Å². The molecule has 0 radical (unpaired) electrons. The normalized spacial score (nSPS) is 12.0. The Hall–Kier alpha value is -1.51. The molecule has 0 aliphatic carbocycles. The number of rotatable bonds is 7. The highest BCUT2D eigenvalue weighted by atomic mass is 16.1. The number of aryl methyl sites for hydroxylation is 1. The molecule has 0 aliphatic rings. The monoisotopic (exact) mass is 262 g/mol. The Kier molecular flexibility index (Phi) is 6.40. The van der Waals surface area contributed by atoms with E-state index in [0.717, 1.165) is 16.9 Å². The zero-order valence-electron chi connectivity index (χ0n) is 12.5. The van der Waals surface area contributed by atoms with Crippen LogP contribution in [0.1, 0.15) is 52.0 Å². The average molecular weight is 262 g/mol. The molecule has 0 spiro atoms. The highest BCUT2D eigenvalue weighted by molar-refractivity contribution is 5.89. The van der Waals surface area contributed by atoms with E-state index in [1.165, 1.54) is 32.6 Å². The lowest BCUT2D eigenvalue weighted by Crippen LogP contribution is -2.15. The largest absolute Gasteiger partial charge is 0.383 e. The average Bonchev–Trinajstić information content (AvgIpc) is 2.32. The van der Waals surface area contributed by atoms with Crippen molar-refractivity contribution in [1.82, 2.24) is 0 Å². The van der Waals surface area contributed by atoms with Gasteiger partial charge in [-0.05, 0) is 44.0 Å². The fourth-order valence-electron chi connectivity index (χ4n) is 2.14. The van der Waals surface area contributed by atoms with Gasteiger partial charge in [-0.15, -0.1) is 0 Å². The van der Waals surface area contributed by atoms with Crippen LogP contribution in [0.4, 0.5) is 11.4 Å². The van der Waals surface area contributed by atoms with Gasteiger partial charge in [0.05, 0.1) is 0 Å². The minimum Gasteiger partial charge on any atom is -0.383 e. The summed E-state index contributed by atoms with van der Waals surface area (Å²) in [6.45, 7) is 7.98. The second-order valence-electron chi connectivity index (χ2n) is 5.25. The molecule has 3 nitrogen and oxygen atoms in total. The van der Waals surface area contributed by atoms with Crippen LogP contribution in [0.5, 0.6) is 0 Å². The third-order valence-corrected chi connectivity index (χ3v) is 3.19. The lowest BCUT2D eigenvalue weighted by molar-refractivity contribution is -0.114. The van der Waals surface area contributed by atoms with Gasteiger partial charge in [0.25, 0.3) is 0 Å². The number of benzene rings is 1. The van der Waals surface area contributed by atoms with Crippen molar-refractivity contribution < 1.29 is 4.79 Å². The Balaban J connectivity index is 2.55. The van der Waals surface area contributed by atoms with Gasteiger partial charge < -0.3 is 10.6 Å². The van der Waals surface area contributed by atoms with Crippen LogP contribution >= 0.6 is 0 Å². The van der Waals surface area contributed by atoms with E-state index in [1.54, 1.807) is 0 Å². The summed E-state index contributed by atoms with van der Waals surface area (Å²) in [4.78, 5) is 11.0. The third kappa shape index (κ3) is 5.77. The maximum absolute atomic E-state index is 11.0. The van der Waals surface area contributed by atoms with Gasteiger partial charge in [0.2, 0.25) is 5.91 Å². The van der Waals surface area contributed by atoms with Crippen molar-refractivity contribution >= 4 is 17.3 Å². The molecule has 1 atom stereocenters. The second kappa shape index (κ2) is 7.82. The molecule has 0 saturated carbocycles. The minimum atomic E-state index is -0.0308. The minimum absolute atomic E-state index is 0.0308. The highest BCUT2D eigenvalue weighted by Crippen LogP contribution is 2.21. The summed E-state index contributed by atoms with van der Waals surface area (Å²) in [6.07, 6.45) is 5.03. The summed E-state index contributed by atoms with van der Waals surface area (Å²) < 4.78 is 0. The summed E-state index contributed by atoms with van der Waals surface area (Å²) in [6, 6.07) is 6.55. The van der Waals surface area contributed by atoms with Crippen LogP contribution in [-0.2, 0) is 4.79 Å². The number of unbranched alkanes of at least 4 members (excludes halogenated alkanes) is 2. The highest BCUT2D eigenvalue weighted by Gasteiger charge is 2.05. The molecule has 2 N–H and O–H groups in total. The first-order valence-corrected chi connectivity index (χ1v) is 7.17. The topological polar surface area (TPSA) is 41.1 Å². The zero-order valence-corrected chi connectivity index (χ0v) is 12.5. The molecule has 106 valence electrons. The molecule has 0 bridgehead atoms. The first kappa shape index (κ1) is 15.5. The van der Waals surface area contributed by atoms with Crippen LogP contribution in [0, 0.1) is 6.92 Å². The van der Waals surface area contributed by atoms with Crippen molar-refractivity contribution in [3.63, 3.8) is 0 Å². The number of nitrogens with one attached hydrogen (secondary N) is 2. The van der Waals surface area contributed by atoms with Gasteiger partial charge in [0.15, 0.2) is 0 Å². The molecule has 0 aliphatic heterocycles. The van der Waals surface area contributed by atoms with Crippen molar-refractivity contribution in [2.24, 2.45) is 0 Å². The Morgan fingerprint density at radius 3 is 2.63 bits per heavy atom. The van der Waals surface area contributed by atoms with Crippen LogP contribution in [0.15, 0.2) is 18.2 Å². The predicted octanol–water partition coefficient (Wildman–Crippen LogP) is 4.33. The summed E-state index contributed by atoms with van der Waals surface area (Å²) in [7, 11) is 0. The van der Waals surface area contributed by atoms with E-state index in [-0.39, 0.29) is 5.91 Å². The molecular formula is C16H26N2O. The van der Waals surface area contributed by atoms with Crippen LogP contribution in [0.2, 0.25) is 0 Å². The van der Waals surface area contributed by atoms with Gasteiger partial charge in [-0.1, -0.05) is 26.2 Å². The van der Waals surface area contributed by atoms with E-state index in [1.807, 2.05) is 19.1 Å². The molecule has 1 unspecified atom stereocenters. The number of hydrogen-bond acceptors (Lipinski definition) is 2. The van der Waals surface area contributed by atoms with E-state index >= 15 is 0 Å². The van der Waals surface area contributed by atoms with Crippen LogP contribution in [-0.4, -0.2) is 11.9 Å². The molecule has 1 aromatic carbocycles. The summed E-state index contributed by atoms with van der Waals surface area (Å²) in [5.74, 6) is -0.0308. The fourth-order valence-corrected chi connectivity index (χ4v) is 2.14. The van der Waals surface area contributed by atoms with Crippen LogP contribution in [0.3, 0.4) is 0 Å².